The second-order valence-corrected chi connectivity index (χ2v) is 7.75. The predicted octanol–water partition coefficient (Wildman–Crippen LogP) is 4.68. The number of ether oxygens (including phenoxy) is 1. The molecule has 0 aliphatic carbocycles. The van der Waals surface area contributed by atoms with Crippen molar-refractivity contribution in [3.63, 3.8) is 0 Å². The van der Waals surface area contributed by atoms with Crippen LogP contribution in [0.5, 0.6) is 11.5 Å². The van der Waals surface area contributed by atoms with Gasteiger partial charge in [-0.2, -0.15) is 5.10 Å². The first kappa shape index (κ1) is 19.1. The summed E-state index contributed by atoms with van der Waals surface area (Å²) in [5.41, 5.74) is 5.22. The summed E-state index contributed by atoms with van der Waals surface area (Å²) in [5.74, 6) is 1.11. The van der Waals surface area contributed by atoms with E-state index in [2.05, 4.69) is 34.7 Å². The maximum Gasteiger partial charge on any atom is 0.232 e. The molecule has 0 bridgehead atoms. The average Bonchev–Trinajstić information content (AvgIpc) is 3.24. The lowest BCUT2D eigenvalue weighted by Crippen LogP contribution is -2.33. The first-order valence-corrected chi connectivity index (χ1v) is 10.4. The molecule has 0 saturated carbocycles. The van der Waals surface area contributed by atoms with Crippen LogP contribution in [0.2, 0.25) is 0 Å². The van der Waals surface area contributed by atoms with Crippen molar-refractivity contribution in [2.75, 3.05) is 6.54 Å². The van der Waals surface area contributed by atoms with Gasteiger partial charge in [-0.15, -0.1) is 0 Å². The normalized spacial score (nSPS) is 12.5. The highest BCUT2D eigenvalue weighted by atomic mass is 16.5. The first-order valence-electron chi connectivity index (χ1n) is 10.4. The molecule has 1 aliphatic heterocycles. The Bertz CT molecular complexity index is 1180. The number of amides is 1. The Balaban J connectivity index is 1.27. The standard InChI is InChI=1S/C26H23N3O2/c1-29-17-20(16-28-29)19-12-10-18(11-13-19)14-15-27-26(30)25-21-6-2-4-8-23(21)31-24-9-5-3-7-22(24)25/h2-13,16-17,25H,14-15H2,1H3,(H,27,30). The van der Waals surface area contributed by atoms with Gasteiger partial charge in [0.05, 0.1) is 12.1 Å². The van der Waals surface area contributed by atoms with Crippen LogP contribution in [-0.2, 0) is 18.3 Å². The van der Waals surface area contributed by atoms with Crippen molar-refractivity contribution in [3.8, 4) is 22.6 Å². The third-order valence-corrected chi connectivity index (χ3v) is 5.65. The number of fused-ring (bicyclic) bond motifs is 2. The lowest BCUT2D eigenvalue weighted by atomic mass is 9.87. The molecule has 2 heterocycles. The van der Waals surface area contributed by atoms with Crippen LogP contribution >= 0.6 is 0 Å². The summed E-state index contributed by atoms with van der Waals surface area (Å²) in [4.78, 5) is 13.2. The van der Waals surface area contributed by atoms with Crippen LogP contribution in [0, 0.1) is 0 Å². The van der Waals surface area contributed by atoms with Crippen molar-refractivity contribution < 1.29 is 9.53 Å². The molecular formula is C26H23N3O2. The largest absolute Gasteiger partial charge is 0.457 e. The van der Waals surface area contributed by atoms with Gasteiger partial charge >= 0.3 is 0 Å². The Morgan fingerprint density at radius 3 is 2.19 bits per heavy atom. The van der Waals surface area contributed by atoms with Crippen molar-refractivity contribution in [1.29, 1.82) is 0 Å². The van der Waals surface area contributed by atoms with Gasteiger partial charge in [-0.3, -0.25) is 9.48 Å². The third-order valence-electron chi connectivity index (χ3n) is 5.65. The van der Waals surface area contributed by atoms with Gasteiger partial charge in [0.1, 0.15) is 11.5 Å². The van der Waals surface area contributed by atoms with Gasteiger partial charge in [-0.05, 0) is 29.7 Å². The number of hydrogen-bond donors (Lipinski definition) is 1. The fourth-order valence-electron chi connectivity index (χ4n) is 4.06. The number of carbonyl (C=O) groups is 1. The van der Waals surface area contributed by atoms with Gasteiger partial charge in [-0.25, -0.2) is 0 Å². The molecule has 0 radical (unpaired) electrons. The van der Waals surface area contributed by atoms with Crippen LogP contribution in [0.15, 0.2) is 85.2 Å². The lowest BCUT2D eigenvalue weighted by Gasteiger charge is -2.27. The number of para-hydroxylation sites is 2. The molecule has 1 aliphatic rings. The molecule has 0 spiro atoms. The number of hydrogen-bond acceptors (Lipinski definition) is 3. The zero-order valence-corrected chi connectivity index (χ0v) is 17.3. The van der Waals surface area contributed by atoms with Crippen LogP contribution in [0.3, 0.4) is 0 Å². The maximum atomic E-state index is 13.2. The fourth-order valence-corrected chi connectivity index (χ4v) is 4.06. The van der Waals surface area contributed by atoms with Crippen molar-refractivity contribution >= 4 is 5.91 Å². The first-order chi connectivity index (χ1) is 15.2. The predicted molar refractivity (Wildman–Crippen MR) is 120 cm³/mol. The number of nitrogens with zero attached hydrogens (tertiary/aromatic N) is 2. The minimum Gasteiger partial charge on any atom is -0.457 e. The van der Waals surface area contributed by atoms with Gasteiger partial charge in [0, 0.05) is 36.5 Å². The summed E-state index contributed by atoms with van der Waals surface area (Å²) in [6, 6.07) is 23.9. The molecule has 31 heavy (non-hydrogen) atoms. The van der Waals surface area contributed by atoms with Crippen molar-refractivity contribution in [2.24, 2.45) is 7.05 Å². The van der Waals surface area contributed by atoms with Crippen LogP contribution in [0.4, 0.5) is 0 Å². The van der Waals surface area contributed by atoms with Gasteiger partial charge in [-0.1, -0.05) is 60.7 Å². The van der Waals surface area contributed by atoms with Crippen molar-refractivity contribution in [2.45, 2.75) is 12.3 Å². The Kier molecular flexibility index (Phi) is 5.00. The average molecular weight is 409 g/mol. The van der Waals surface area contributed by atoms with E-state index in [4.69, 9.17) is 4.74 Å². The van der Waals surface area contributed by atoms with E-state index >= 15 is 0 Å². The minimum atomic E-state index is -0.367. The minimum absolute atomic E-state index is 0.00446. The Morgan fingerprint density at radius 1 is 0.935 bits per heavy atom. The maximum absolute atomic E-state index is 13.2. The Morgan fingerprint density at radius 2 is 1.58 bits per heavy atom. The zero-order chi connectivity index (χ0) is 21.2. The second-order valence-electron chi connectivity index (χ2n) is 7.75. The van der Waals surface area contributed by atoms with Crippen LogP contribution in [0.25, 0.3) is 11.1 Å². The Hall–Kier alpha value is -3.86. The molecule has 5 heteroatoms. The molecular weight excluding hydrogens is 386 g/mol. The molecule has 5 rings (SSSR count). The fraction of sp³-hybridized carbons (Fsp3) is 0.154. The highest BCUT2D eigenvalue weighted by Crippen LogP contribution is 2.43. The van der Waals surface area contributed by atoms with E-state index < -0.39 is 0 Å². The topological polar surface area (TPSA) is 56.2 Å². The van der Waals surface area contributed by atoms with Crippen LogP contribution in [-0.4, -0.2) is 22.2 Å². The smallest absolute Gasteiger partial charge is 0.232 e. The monoisotopic (exact) mass is 409 g/mol. The van der Waals surface area contributed by atoms with Gasteiger partial charge in [0.25, 0.3) is 0 Å². The molecule has 0 saturated heterocycles. The molecule has 5 nitrogen and oxygen atoms in total. The third kappa shape index (κ3) is 3.82. The molecule has 3 aromatic carbocycles. The number of aryl methyl sites for hydroxylation is 1. The number of nitrogens with one attached hydrogen (secondary N) is 1. The second kappa shape index (κ2) is 8.11. The molecule has 154 valence electrons. The van der Waals surface area contributed by atoms with E-state index in [0.717, 1.165) is 40.2 Å². The summed E-state index contributed by atoms with van der Waals surface area (Å²) in [7, 11) is 1.91. The van der Waals surface area contributed by atoms with E-state index in [0.29, 0.717) is 6.54 Å². The van der Waals surface area contributed by atoms with E-state index in [-0.39, 0.29) is 11.8 Å². The van der Waals surface area contributed by atoms with Crippen molar-refractivity contribution in [3.05, 3.63) is 102 Å². The molecule has 4 aromatic rings. The molecule has 0 unspecified atom stereocenters. The SMILES string of the molecule is Cn1cc(-c2ccc(CCNC(=O)C3c4ccccc4Oc4ccccc43)cc2)cn1. The number of aromatic nitrogens is 2. The van der Waals surface area contributed by atoms with E-state index in [1.165, 1.54) is 5.56 Å². The molecule has 1 N–H and O–H groups in total. The zero-order valence-electron chi connectivity index (χ0n) is 17.3. The number of rotatable bonds is 5. The summed E-state index contributed by atoms with van der Waals surface area (Å²) < 4.78 is 7.79. The van der Waals surface area contributed by atoms with E-state index in [9.17, 15) is 4.79 Å². The molecule has 0 fully saturated rings. The van der Waals surface area contributed by atoms with Gasteiger partial charge < -0.3 is 10.1 Å². The summed E-state index contributed by atoms with van der Waals surface area (Å²) in [5, 5.41) is 7.35. The summed E-state index contributed by atoms with van der Waals surface area (Å²) in [6.07, 6.45) is 4.63. The summed E-state index contributed by atoms with van der Waals surface area (Å²) >= 11 is 0. The van der Waals surface area contributed by atoms with Gasteiger partial charge in [0.2, 0.25) is 5.91 Å². The molecule has 0 atom stereocenters. The quantitative estimate of drug-likeness (QED) is 0.521. The molecule has 1 aromatic heterocycles. The highest BCUT2D eigenvalue weighted by molar-refractivity contribution is 5.89. The van der Waals surface area contributed by atoms with E-state index in [1.54, 1.807) is 4.68 Å². The number of benzene rings is 3. The lowest BCUT2D eigenvalue weighted by molar-refractivity contribution is -0.121. The van der Waals surface area contributed by atoms with Gasteiger partial charge in [0.15, 0.2) is 0 Å². The Labute approximate surface area is 181 Å². The summed E-state index contributed by atoms with van der Waals surface area (Å²) in [6.45, 7) is 0.576. The van der Waals surface area contributed by atoms with Crippen molar-refractivity contribution in [1.82, 2.24) is 15.1 Å². The number of carbonyl (C=O) groups excluding carboxylic acids is 1. The molecule has 1 amide bonds. The van der Waals surface area contributed by atoms with E-state index in [1.807, 2.05) is 68.0 Å². The van der Waals surface area contributed by atoms with Crippen LogP contribution in [0.1, 0.15) is 22.6 Å². The highest BCUT2D eigenvalue weighted by Gasteiger charge is 2.32. The van der Waals surface area contributed by atoms with Crippen LogP contribution < -0.4 is 10.1 Å².